The zero-order chi connectivity index (χ0) is 15.3. The first-order valence-electron chi connectivity index (χ1n) is 6.02. The summed E-state index contributed by atoms with van der Waals surface area (Å²) in [4.78, 5) is 22.7. The van der Waals surface area contributed by atoms with Crippen molar-refractivity contribution in [2.75, 3.05) is 11.9 Å². The summed E-state index contributed by atoms with van der Waals surface area (Å²) in [6.45, 7) is 3.19. The maximum Gasteiger partial charge on any atom is 0.319 e. The smallest absolute Gasteiger partial charge is 0.319 e. The SMILES string of the molecule is CCC(C)(CNC(=O)Nc1ccc(Cl)cc1F)C(=O)O. The monoisotopic (exact) mass is 302 g/mol. The van der Waals surface area contributed by atoms with Crippen LogP contribution in [-0.2, 0) is 4.79 Å². The van der Waals surface area contributed by atoms with E-state index in [-0.39, 0.29) is 17.3 Å². The van der Waals surface area contributed by atoms with Gasteiger partial charge in [-0.2, -0.15) is 0 Å². The quantitative estimate of drug-likeness (QED) is 0.782. The summed E-state index contributed by atoms with van der Waals surface area (Å²) in [5.41, 5.74) is -1.09. The van der Waals surface area contributed by atoms with Crippen LogP contribution in [0.3, 0.4) is 0 Å². The highest BCUT2D eigenvalue weighted by molar-refractivity contribution is 6.30. The fraction of sp³-hybridized carbons (Fsp3) is 0.385. The average molecular weight is 303 g/mol. The number of rotatable bonds is 5. The van der Waals surface area contributed by atoms with E-state index in [9.17, 15) is 14.0 Å². The third-order valence-corrected chi connectivity index (χ3v) is 3.35. The number of nitrogens with one attached hydrogen (secondary N) is 2. The molecule has 5 nitrogen and oxygen atoms in total. The van der Waals surface area contributed by atoms with Gasteiger partial charge in [-0.25, -0.2) is 9.18 Å². The van der Waals surface area contributed by atoms with Gasteiger partial charge >= 0.3 is 12.0 Å². The van der Waals surface area contributed by atoms with Crippen molar-refractivity contribution < 1.29 is 19.1 Å². The minimum Gasteiger partial charge on any atom is -0.481 e. The van der Waals surface area contributed by atoms with Crippen LogP contribution in [0.2, 0.25) is 5.02 Å². The number of carbonyl (C=O) groups is 2. The summed E-state index contributed by atoms with van der Waals surface area (Å²) in [6, 6.07) is 3.17. The second kappa shape index (κ2) is 6.56. The van der Waals surface area contributed by atoms with Gasteiger partial charge in [-0.15, -0.1) is 0 Å². The Morgan fingerprint density at radius 2 is 2.10 bits per heavy atom. The Kier molecular flexibility index (Phi) is 5.33. The van der Waals surface area contributed by atoms with E-state index >= 15 is 0 Å². The zero-order valence-electron chi connectivity index (χ0n) is 11.2. The van der Waals surface area contributed by atoms with Crippen molar-refractivity contribution >= 4 is 29.3 Å². The van der Waals surface area contributed by atoms with E-state index in [4.69, 9.17) is 16.7 Å². The molecule has 1 rings (SSSR count). The number of aliphatic carboxylic acids is 1. The predicted molar refractivity (Wildman–Crippen MR) is 74.5 cm³/mol. The topological polar surface area (TPSA) is 78.4 Å². The van der Waals surface area contributed by atoms with Crippen LogP contribution in [0.1, 0.15) is 20.3 Å². The maximum absolute atomic E-state index is 13.5. The molecule has 1 atom stereocenters. The molecular weight excluding hydrogens is 287 g/mol. The maximum atomic E-state index is 13.5. The van der Waals surface area contributed by atoms with Crippen LogP contribution in [0.5, 0.6) is 0 Å². The molecule has 0 bridgehead atoms. The Bertz CT molecular complexity index is 524. The molecule has 7 heteroatoms. The van der Waals surface area contributed by atoms with E-state index in [1.54, 1.807) is 6.92 Å². The number of carbonyl (C=O) groups excluding carboxylic acids is 1. The molecule has 3 N–H and O–H groups in total. The molecule has 1 unspecified atom stereocenters. The number of anilines is 1. The molecule has 110 valence electrons. The number of halogens is 2. The van der Waals surface area contributed by atoms with Crippen LogP contribution in [-0.4, -0.2) is 23.7 Å². The summed E-state index contributed by atoms with van der Waals surface area (Å²) < 4.78 is 13.5. The van der Waals surface area contributed by atoms with Gasteiger partial charge < -0.3 is 15.7 Å². The molecule has 0 aliphatic rings. The molecule has 0 spiro atoms. The molecule has 20 heavy (non-hydrogen) atoms. The molecular formula is C13H16ClFN2O3. The molecule has 0 aromatic heterocycles. The van der Waals surface area contributed by atoms with E-state index < -0.39 is 23.2 Å². The molecule has 0 aliphatic carbocycles. The van der Waals surface area contributed by atoms with Gasteiger partial charge in [0.1, 0.15) is 5.82 Å². The van der Waals surface area contributed by atoms with Crippen molar-refractivity contribution in [2.45, 2.75) is 20.3 Å². The van der Waals surface area contributed by atoms with Gasteiger partial charge in [0.2, 0.25) is 0 Å². The summed E-state index contributed by atoms with van der Waals surface area (Å²) in [7, 11) is 0. The van der Waals surface area contributed by atoms with Crippen LogP contribution >= 0.6 is 11.6 Å². The van der Waals surface area contributed by atoms with Crippen molar-refractivity contribution in [2.24, 2.45) is 5.41 Å². The van der Waals surface area contributed by atoms with E-state index in [0.29, 0.717) is 6.42 Å². The van der Waals surface area contributed by atoms with Gasteiger partial charge in [-0.3, -0.25) is 4.79 Å². The first kappa shape index (κ1) is 16.2. The number of urea groups is 1. The van der Waals surface area contributed by atoms with Gasteiger partial charge in [-0.05, 0) is 31.5 Å². The summed E-state index contributed by atoms with van der Waals surface area (Å²) in [5, 5.41) is 14.0. The van der Waals surface area contributed by atoms with Crippen molar-refractivity contribution in [3.05, 3.63) is 29.0 Å². The third kappa shape index (κ3) is 4.09. The Balaban J connectivity index is 2.62. The van der Waals surface area contributed by atoms with Gasteiger partial charge in [0.25, 0.3) is 0 Å². The van der Waals surface area contributed by atoms with Crippen LogP contribution in [0.25, 0.3) is 0 Å². The standard InChI is InChI=1S/C13H16ClFN2O3/c1-3-13(2,11(18)19)7-16-12(20)17-10-5-4-8(14)6-9(10)15/h4-6H,3,7H2,1-2H3,(H,18,19)(H2,16,17,20). The lowest BCUT2D eigenvalue weighted by atomic mass is 9.88. The Morgan fingerprint density at radius 3 is 2.60 bits per heavy atom. The number of carboxylic acids is 1. The third-order valence-electron chi connectivity index (χ3n) is 3.12. The zero-order valence-corrected chi connectivity index (χ0v) is 11.9. The first-order chi connectivity index (χ1) is 9.28. The second-order valence-corrected chi connectivity index (χ2v) is 5.09. The average Bonchev–Trinajstić information content (AvgIpc) is 2.39. The van der Waals surface area contributed by atoms with Crippen LogP contribution < -0.4 is 10.6 Å². The number of carboxylic acid groups (broad SMARTS) is 1. The van der Waals surface area contributed by atoms with Gasteiger partial charge in [0.05, 0.1) is 11.1 Å². The lowest BCUT2D eigenvalue weighted by molar-refractivity contribution is -0.147. The number of hydrogen-bond acceptors (Lipinski definition) is 2. The molecule has 2 amide bonds. The highest BCUT2D eigenvalue weighted by Crippen LogP contribution is 2.21. The second-order valence-electron chi connectivity index (χ2n) is 4.65. The fourth-order valence-corrected chi connectivity index (χ4v) is 1.54. The molecule has 0 aliphatic heterocycles. The van der Waals surface area contributed by atoms with E-state index in [2.05, 4.69) is 10.6 Å². The van der Waals surface area contributed by atoms with Gasteiger partial charge in [0, 0.05) is 11.6 Å². The highest BCUT2D eigenvalue weighted by Gasteiger charge is 2.31. The first-order valence-corrected chi connectivity index (χ1v) is 6.39. The van der Waals surface area contributed by atoms with Gasteiger partial charge in [0.15, 0.2) is 0 Å². The van der Waals surface area contributed by atoms with Crippen molar-refractivity contribution in [3.63, 3.8) is 0 Å². The summed E-state index contributed by atoms with van der Waals surface area (Å²) in [6.07, 6.45) is 0.359. The Morgan fingerprint density at radius 1 is 1.45 bits per heavy atom. The normalized spacial score (nSPS) is 13.4. The highest BCUT2D eigenvalue weighted by atomic mass is 35.5. The van der Waals surface area contributed by atoms with E-state index in [0.717, 1.165) is 6.07 Å². The van der Waals surface area contributed by atoms with E-state index in [1.807, 2.05) is 0 Å². The van der Waals surface area contributed by atoms with Crippen molar-refractivity contribution in [1.82, 2.24) is 5.32 Å². The van der Waals surface area contributed by atoms with Crippen molar-refractivity contribution in [1.29, 1.82) is 0 Å². The molecule has 1 aromatic rings. The molecule has 1 aromatic carbocycles. The number of hydrogen-bond donors (Lipinski definition) is 3. The largest absolute Gasteiger partial charge is 0.481 e. The summed E-state index contributed by atoms with van der Waals surface area (Å²) >= 11 is 5.59. The molecule has 0 heterocycles. The van der Waals surface area contributed by atoms with Crippen LogP contribution in [0.15, 0.2) is 18.2 Å². The van der Waals surface area contributed by atoms with Gasteiger partial charge in [-0.1, -0.05) is 18.5 Å². The molecule has 0 saturated heterocycles. The minimum absolute atomic E-state index is 0.0274. The fourth-order valence-electron chi connectivity index (χ4n) is 1.38. The van der Waals surface area contributed by atoms with Crippen LogP contribution in [0.4, 0.5) is 14.9 Å². The lowest BCUT2D eigenvalue weighted by Gasteiger charge is -2.23. The van der Waals surface area contributed by atoms with Crippen LogP contribution in [0, 0.1) is 11.2 Å². The minimum atomic E-state index is -1.06. The number of amides is 2. The Labute approximate surface area is 121 Å². The van der Waals surface area contributed by atoms with E-state index in [1.165, 1.54) is 19.1 Å². The lowest BCUT2D eigenvalue weighted by Crippen LogP contribution is -2.42. The number of benzene rings is 1. The Hall–Kier alpha value is -1.82. The molecule has 0 fully saturated rings. The van der Waals surface area contributed by atoms with Crippen molar-refractivity contribution in [3.8, 4) is 0 Å². The molecule has 0 radical (unpaired) electrons. The predicted octanol–water partition coefficient (Wildman–Crippen LogP) is 3.10. The summed E-state index contributed by atoms with van der Waals surface area (Å²) in [5.74, 6) is -1.66. The molecule has 0 saturated carbocycles.